The maximum Gasteiger partial charge on any atom is 0.254 e. The van der Waals surface area contributed by atoms with Gasteiger partial charge in [-0.05, 0) is 39.9 Å². The van der Waals surface area contributed by atoms with Crippen LogP contribution in [0.15, 0.2) is 4.21 Å². The molecule has 0 aromatic carbocycles. The lowest BCUT2D eigenvalue weighted by molar-refractivity contribution is 0.161. The second-order valence-electron chi connectivity index (χ2n) is 5.21. The number of sulfonamides is 1. The summed E-state index contributed by atoms with van der Waals surface area (Å²) in [6.07, 6.45) is 1.53. The number of aryl methyl sites for hydroxylation is 1. The molecule has 0 bridgehead atoms. The second-order valence-corrected chi connectivity index (χ2v) is 8.88. The standard InChI is InChI=1S/C12H20ClN3O3S2/c1-9-11(20-12(13)14-9)21(18,19)16(7-8-17)10-3-5-15(2)6-4-10/h10,17H,3-8H2,1-2H3. The molecule has 1 aromatic heterocycles. The van der Waals surface area contributed by atoms with Gasteiger partial charge in [0.05, 0.1) is 12.3 Å². The van der Waals surface area contributed by atoms with E-state index in [1.807, 2.05) is 7.05 Å². The summed E-state index contributed by atoms with van der Waals surface area (Å²) < 4.78 is 27.5. The number of aliphatic hydroxyl groups is 1. The Morgan fingerprint density at radius 2 is 2.10 bits per heavy atom. The highest BCUT2D eigenvalue weighted by Gasteiger charge is 2.35. The first-order valence-electron chi connectivity index (χ1n) is 6.80. The van der Waals surface area contributed by atoms with Gasteiger partial charge in [-0.15, -0.1) is 0 Å². The Morgan fingerprint density at radius 1 is 1.48 bits per heavy atom. The molecule has 1 fully saturated rings. The van der Waals surface area contributed by atoms with Gasteiger partial charge in [0.2, 0.25) is 0 Å². The SMILES string of the molecule is Cc1nc(Cl)sc1S(=O)(=O)N(CCO)C1CCN(C)CC1. The molecule has 0 spiro atoms. The predicted molar refractivity (Wildman–Crippen MR) is 83.4 cm³/mol. The highest BCUT2D eigenvalue weighted by Crippen LogP contribution is 2.31. The summed E-state index contributed by atoms with van der Waals surface area (Å²) >= 11 is 6.80. The van der Waals surface area contributed by atoms with E-state index in [0.717, 1.165) is 37.3 Å². The molecular formula is C12H20ClN3O3S2. The number of hydrogen-bond donors (Lipinski definition) is 1. The lowest BCUT2D eigenvalue weighted by Crippen LogP contribution is -2.47. The number of piperidine rings is 1. The Labute approximate surface area is 134 Å². The van der Waals surface area contributed by atoms with Crippen LogP contribution in [-0.2, 0) is 10.0 Å². The Hall–Kier alpha value is -0.250. The van der Waals surface area contributed by atoms with Gasteiger partial charge in [-0.25, -0.2) is 13.4 Å². The van der Waals surface area contributed by atoms with Crippen LogP contribution in [0.5, 0.6) is 0 Å². The molecule has 1 aliphatic heterocycles. The van der Waals surface area contributed by atoms with Crippen LogP contribution < -0.4 is 0 Å². The van der Waals surface area contributed by atoms with E-state index in [0.29, 0.717) is 5.69 Å². The minimum Gasteiger partial charge on any atom is -0.395 e. The van der Waals surface area contributed by atoms with Crippen LogP contribution >= 0.6 is 22.9 Å². The zero-order chi connectivity index (χ0) is 15.6. The number of hydrogen-bond acceptors (Lipinski definition) is 6. The Balaban J connectivity index is 2.30. The minimum atomic E-state index is -3.66. The van der Waals surface area contributed by atoms with Crippen LogP contribution in [0.2, 0.25) is 4.47 Å². The van der Waals surface area contributed by atoms with E-state index in [1.54, 1.807) is 6.92 Å². The van der Waals surface area contributed by atoms with Crippen LogP contribution in [-0.4, -0.2) is 67.0 Å². The van der Waals surface area contributed by atoms with Gasteiger partial charge >= 0.3 is 0 Å². The van der Waals surface area contributed by atoms with E-state index in [4.69, 9.17) is 11.6 Å². The average molecular weight is 354 g/mol. The quantitative estimate of drug-likeness (QED) is 0.860. The summed E-state index contributed by atoms with van der Waals surface area (Å²) in [4.78, 5) is 6.16. The normalized spacial score (nSPS) is 18.5. The van der Waals surface area contributed by atoms with Gasteiger partial charge in [0.25, 0.3) is 10.0 Å². The number of nitrogens with zero attached hydrogens (tertiary/aromatic N) is 3. The molecule has 2 heterocycles. The highest BCUT2D eigenvalue weighted by atomic mass is 35.5. The van der Waals surface area contributed by atoms with Crippen molar-refractivity contribution in [1.29, 1.82) is 0 Å². The van der Waals surface area contributed by atoms with Gasteiger partial charge in [-0.1, -0.05) is 22.9 Å². The molecule has 0 atom stereocenters. The van der Waals surface area contributed by atoms with Crippen molar-refractivity contribution in [1.82, 2.24) is 14.2 Å². The molecule has 0 amide bonds. The third kappa shape index (κ3) is 3.75. The van der Waals surface area contributed by atoms with Crippen molar-refractivity contribution >= 4 is 33.0 Å². The lowest BCUT2D eigenvalue weighted by Gasteiger charge is -2.36. The van der Waals surface area contributed by atoms with E-state index in [1.165, 1.54) is 4.31 Å². The van der Waals surface area contributed by atoms with E-state index >= 15 is 0 Å². The first-order valence-corrected chi connectivity index (χ1v) is 9.44. The molecule has 0 unspecified atom stereocenters. The van der Waals surface area contributed by atoms with Gasteiger partial charge in [0, 0.05) is 12.6 Å². The summed E-state index contributed by atoms with van der Waals surface area (Å²) in [5, 5.41) is 9.25. The van der Waals surface area contributed by atoms with Gasteiger partial charge in [-0.3, -0.25) is 0 Å². The molecule has 2 rings (SSSR count). The molecule has 0 radical (unpaired) electrons. The summed E-state index contributed by atoms with van der Waals surface area (Å²) in [5.74, 6) is 0. The number of likely N-dealkylation sites (tertiary alicyclic amines) is 1. The second kappa shape index (κ2) is 6.89. The maximum atomic E-state index is 12.9. The lowest BCUT2D eigenvalue weighted by atomic mass is 10.1. The van der Waals surface area contributed by atoms with Crippen LogP contribution in [0.25, 0.3) is 0 Å². The molecule has 1 saturated heterocycles. The van der Waals surface area contributed by atoms with Crippen molar-refractivity contribution in [2.45, 2.75) is 30.0 Å². The summed E-state index contributed by atoms with van der Waals surface area (Å²) in [5.41, 5.74) is 0.417. The van der Waals surface area contributed by atoms with Crippen molar-refractivity contribution in [3.8, 4) is 0 Å². The third-order valence-corrected chi connectivity index (χ3v) is 7.49. The number of rotatable bonds is 5. The molecule has 6 nitrogen and oxygen atoms in total. The molecule has 1 N–H and O–H groups in total. The van der Waals surface area contributed by atoms with E-state index in [9.17, 15) is 13.5 Å². The predicted octanol–water partition coefficient (Wildman–Crippen LogP) is 1.18. The molecule has 120 valence electrons. The molecule has 0 aliphatic carbocycles. The molecule has 1 aromatic rings. The monoisotopic (exact) mass is 353 g/mol. The number of halogens is 1. The van der Waals surface area contributed by atoms with Gasteiger partial charge in [-0.2, -0.15) is 4.31 Å². The zero-order valence-electron chi connectivity index (χ0n) is 12.1. The van der Waals surface area contributed by atoms with E-state index in [2.05, 4.69) is 9.88 Å². The summed E-state index contributed by atoms with van der Waals surface area (Å²) in [7, 11) is -1.64. The van der Waals surface area contributed by atoms with Crippen molar-refractivity contribution < 1.29 is 13.5 Å². The van der Waals surface area contributed by atoms with E-state index in [-0.39, 0.29) is 27.9 Å². The Morgan fingerprint density at radius 3 is 2.57 bits per heavy atom. The van der Waals surface area contributed by atoms with Crippen molar-refractivity contribution in [2.75, 3.05) is 33.3 Å². The van der Waals surface area contributed by atoms with Gasteiger partial charge in [0.15, 0.2) is 8.68 Å². The zero-order valence-corrected chi connectivity index (χ0v) is 14.5. The molecular weight excluding hydrogens is 334 g/mol. The molecule has 21 heavy (non-hydrogen) atoms. The minimum absolute atomic E-state index is 0.0846. The number of aromatic nitrogens is 1. The topological polar surface area (TPSA) is 73.7 Å². The molecule has 0 saturated carbocycles. The van der Waals surface area contributed by atoms with Gasteiger partial charge in [0.1, 0.15) is 0 Å². The summed E-state index contributed by atoms with van der Waals surface area (Å²) in [6.45, 7) is 3.25. The maximum absolute atomic E-state index is 12.9. The third-order valence-electron chi connectivity index (χ3n) is 3.69. The average Bonchev–Trinajstić information content (AvgIpc) is 2.77. The van der Waals surface area contributed by atoms with Crippen LogP contribution in [0.3, 0.4) is 0 Å². The van der Waals surface area contributed by atoms with Crippen molar-refractivity contribution in [3.05, 3.63) is 10.2 Å². The Kier molecular flexibility index (Phi) is 5.61. The fourth-order valence-electron chi connectivity index (χ4n) is 2.58. The molecule has 1 aliphatic rings. The fraction of sp³-hybridized carbons (Fsp3) is 0.750. The number of thiazole rings is 1. The first kappa shape index (κ1) is 17.1. The fourth-order valence-corrected chi connectivity index (χ4v) is 6.10. The highest BCUT2D eigenvalue weighted by molar-refractivity contribution is 7.91. The van der Waals surface area contributed by atoms with Crippen LogP contribution in [0, 0.1) is 6.92 Å². The largest absolute Gasteiger partial charge is 0.395 e. The first-order chi connectivity index (χ1) is 9.86. The smallest absolute Gasteiger partial charge is 0.254 e. The van der Waals surface area contributed by atoms with Crippen molar-refractivity contribution in [2.24, 2.45) is 0 Å². The van der Waals surface area contributed by atoms with Crippen LogP contribution in [0.1, 0.15) is 18.5 Å². The molecule has 9 heteroatoms. The van der Waals surface area contributed by atoms with Crippen LogP contribution in [0.4, 0.5) is 0 Å². The number of aliphatic hydroxyl groups excluding tert-OH is 1. The summed E-state index contributed by atoms with van der Waals surface area (Å²) in [6, 6.07) is -0.0846. The Bertz CT molecular complexity index is 583. The van der Waals surface area contributed by atoms with Gasteiger partial charge < -0.3 is 10.0 Å². The van der Waals surface area contributed by atoms with Crippen molar-refractivity contribution in [3.63, 3.8) is 0 Å². The van der Waals surface area contributed by atoms with E-state index < -0.39 is 10.0 Å².